The molecule has 0 aromatic carbocycles. The van der Waals surface area contributed by atoms with E-state index in [1.165, 1.54) is 103 Å². The summed E-state index contributed by atoms with van der Waals surface area (Å²) in [5, 5.41) is 2.51. The molecule has 1 N–H and O–H groups in total. The van der Waals surface area contributed by atoms with Gasteiger partial charge >= 0.3 is 18.0 Å². The number of rotatable bonds is 42. The van der Waals surface area contributed by atoms with E-state index < -0.39 is 0 Å². The highest BCUT2D eigenvalue weighted by atomic mass is 16.6. The van der Waals surface area contributed by atoms with E-state index in [1.54, 1.807) is 7.05 Å². The average Bonchev–Trinajstić information content (AvgIpc) is 3.17. The number of esters is 2. The number of ether oxygens (including phenoxy) is 3. The third-order valence-corrected chi connectivity index (χ3v) is 10.6. The van der Waals surface area contributed by atoms with Crippen LogP contribution >= 0.6 is 0 Å². The van der Waals surface area contributed by atoms with Crippen molar-refractivity contribution in [1.82, 2.24) is 10.2 Å². The lowest BCUT2D eigenvalue weighted by Crippen LogP contribution is -2.29. The molecular formula is C46H90N2O6. The monoisotopic (exact) mass is 767 g/mol. The van der Waals surface area contributed by atoms with Gasteiger partial charge in [0.1, 0.15) is 6.10 Å². The van der Waals surface area contributed by atoms with Crippen LogP contribution in [0.5, 0.6) is 0 Å². The third kappa shape index (κ3) is 38.4. The first kappa shape index (κ1) is 52.2. The lowest BCUT2D eigenvalue weighted by Gasteiger charge is -2.22. The number of carbonyl (C=O) groups excluding carboxylic acids is 3. The minimum atomic E-state index is -0.372. The SMILES string of the molecule is CCCCCCCCCOC(=O)CCCCCCCN(CCCCCCCC(=O)OC(CCCCCCC)CCCCCCCC)CCCOC(=O)NC. The molecule has 0 radical (unpaired) electrons. The number of unbranched alkanes of at least 4 members (excludes halogenated alkanes) is 23. The molecule has 0 saturated carbocycles. The quantitative estimate of drug-likeness (QED) is 0.0375. The molecule has 1 amide bonds. The van der Waals surface area contributed by atoms with Gasteiger partial charge in [-0.15, -0.1) is 0 Å². The minimum Gasteiger partial charge on any atom is -0.466 e. The average molecular weight is 767 g/mol. The molecule has 0 aliphatic carbocycles. The maximum absolute atomic E-state index is 12.7. The van der Waals surface area contributed by atoms with Crippen molar-refractivity contribution in [2.75, 3.05) is 39.9 Å². The van der Waals surface area contributed by atoms with E-state index in [-0.39, 0.29) is 24.1 Å². The summed E-state index contributed by atoms with van der Waals surface area (Å²) in [6.07, 6.45) is 37.1. The van der Waals surface area contributed by atoms with Gasteiger partial charge in [0.2, 0.25) is 0 Å². The van der Waals surface area contributed by atoms with Crippen molar-refractivity contribution >= 4 is 18.0 Å². The lowest BCUT2D eigenvalue weighted by molar-refractivity contribution is -0.150. The van der Waals surface area contributed by atoms with Crippen molar-refractivity contribution < 1.29 is 28.6 Å². The predicted octanol–water partition coefficient (Wildman–Crippen LogP) is 13.0. The van der Waals surface area contributed by atoms with E-state index >= 15 is 0 Å². The highest BCUT2D eigenvalue weighted by Crippen LogP contribution is 2.18. The van der Waals surface area contributed by atoms with Crippen LogP contribution in [0, 0.1) is 0 Å². The smallest absolute Gasteiger partial charge is 0.406 e. The van der Waals surface area contributed by atoms with Crippen molar-refractivity contribution in [1.29, 1.82) is 0 Å². The molecule has 1 unspecified atom stereocenters. The van der Waals surface area contributed by atoms with Crippen LogP contribution in [0.4, 0.5) is 4.79 Å². The molecule has 0 aromatic heterocycles. The van der Waals surface area contributed by atoms with Crippen LogP contribution in [-0.4, -0.2) is 68.9 Å². The van der Waals surface area contributed by atoms with Crippen LogP contribution in [0.2, 0.25) is 0 Å². The molecule has 8 heteroatoms. The van der Waals surface area contributed by atoms with Crippen LogP contribution in [-0.2, 0) is 23.8 Å². The Kier molecular flexibility index (Phi) is 40.9. The fourth-order valence-corrected chi connectivity index (χ4v) is 7.08. The van der Waals surface area contributed by atoms with E-state index in [1.807, 2.05) is 0 Å². The van der Waals surface area contributed by atoms with Gasteiger partial charge in [0.15, 0.2) is 0 Å². The van der Waals surface area contributed by atoms with Gasteiger partial charge in [0, 0.05) is 26.4 Å². The number of amides is 1. The van der Waals surface area contributed by atoms with Gasteiger partial charge in [0.25, 0.3) is 0 Å². The highest BCUT2D eigenvalue weighted by molar-refractivity contribution is 5.69. The molecule has 0 bridgehead atoms. The zero-order valence-corrected chi connectivity index (χ0v) is 36.3. The summed E-state index contributed by atoms with van der Waals surface area (Å²) in [7, 11) is 1.59. The molecule has 0 rings (SSSR count). The summed E-state index contributed by atoms with van der Waals surface area (Å²) in [4.78, 5) is 38.8. The number of hydrogen-bond acceptors (Lipinski definition) is 7. The molecule has 1 atom stereocenters. The molecule has 0 aromatic rings. The lowest BCUT2D eigenvalue weighted by atomic mass is 10.0. The standard InChI is InChI=1S/C46H90N2O6/c1-5-8-11-14-16-25-32-41-52-44(49)36-28-21-17-23-30-38-48(40-33-42-53-46(51)47-4)39-31-24-18-22-29-37-45(50)54-43(34-26-19-13-10-7-3)35-27-20-15-12-9-6-2/h43H,5-42H2,1-4H3,(H,47,51). The summed E-state index contributed by atoms with van der Waals surface area (Å²) in [5.41, 5.74) is 0. The van der Waals surface area contributed by atoms with Crippen molar-refractivity contribution in [3.8, 4) is 0 Å². The van der Waals surface area contributed by atoms with E-state index in [0.717, 1.165) is 116 Å². The molecule has 0 aliphatic heterocycles. The zero-order chi connectivity index (χ0) is 39.6. The zero-order valence-electron chi connectivity index (χ0n) is 36.3. The molecule has 54 heavy (non-hydrogen) atoms. The Labute approximate surface area is 334 Å². The number of nitrogens with one attached hydrogen (secondary N) is 1. The minimum absolute atomic E-state index is 0.00317. The number of hydrogen-bond donors (Lipinski definition) is 1. The maximum atomic E-state index is 12.7. The molecular weight excluding hydrogens is 677 g/mol. The van der Waals surface area contributed by atoms with Crippen LogP contribution in [0.3, 0.4) is 0 Å². The first-order chi connectivity index (χ1) is 26.5. The van der Waals surface area contributed by atoms with Crippen LogP contribution in [0.25, 0.3) is 0 Å². The number of alkyl carbamates (subject to hydrolysis) is 1. The van der Waals surface area contributed by atoms with Crippen LogP contribution in [0.15, 0.2) is 0 Å². The normalized spacial score (nSPS) is 11.9. The van der Waals surface area contributed by atoms with E-state index in [0.29, 0.717) is 26.1 Å². The molecule has 0 spiro atoms. The Morgan fingerprint density at radius 1 is 0.444 bits per heavy atom. The van der Waals surface area contributed by atoms with Crippen molar-refractivity contribution in [2.45, 2.75) is 239 Å². The molecule has 0 saturated heterocycles. The first-order valence-corrected chi connectivity index (χ1v) is 23.4. The van der Waals surface area contributed by atoms with Crippen molar-refractivity contribution in [2.24, 2.45) is 0 Å². The van der Waals surface area contributed by atoms with Gasteiger partial charge in [-0.3, -0.25) is 9.59 Å². The van der Waals surface area contributed by atoms with Gasteiger partial charge in [-0.1, -0.05) is 156 Å². The second-order valence-electron chi connectivity index (χ2n) is 15.8. The van der Waals surface area contributed by atoms with Gasteiger partial charge < -0.3 is 24.4 Å². The third-order valence-electron chi connectivity index (χ3n) is 10.6. The van der Waals surface area contributed by atoms with E-state index in [2.05, 4.69) is 31.0 Å². The first-order valence-electron chi connectivity index (χ1n) is 23.4. The topological polar surface area (TPSA) is 94.2 Å². The predicted molar refractivity (Wildman–Crippen MR) is 227 cm³/mol. The van der Waals surface area contributed by atoms with E-state index in [9.17, 15) is 14.4 Å². The van der Waals surface area contributed by atoms with Crippen LogP contribution in [0.1, 0.15) is 233 Å². The Hall–Kier alpha value is -1.83. The molecule has 0 heterocycles. The van der Waals surface area contributed by atoms with E-state index in [4.69, 9.17) is 14.2 Å². The second kappa shape index (κ2) is 42.3. The Bertz CT molecular complexity index is 825. The van der Waals surface area contributed by atoms with Gasteiger partial charge in [0.05, 0.1) is 13.2 Å². The number of carbonyl (C=O) groups is 3. The maximum Gasteiger partial charge on any atom is 0.406 e. The van der Waals surface area contributed by atoms with Gasteiger partial charge in [-0.2, -0.15) is 0 Å². The largest absolute Gasteiger partial charge is 0.466 e. The Morgan fingerprint density at radius 2 is 0.833 bits per heavy atom. The summed E-state index contributed by atoms with van der Waals surface area (Å²) >= 11 is 0. The summed E-state index contributed by atoms with van der Waals surface area (Å²) in [6, 6.07) is 0. The van der Waals surface area contributed by atoms with Gasteiger partial charge in [-0.25, -0.2) is 4.79 Å². The van der Waals surface area contributed by atoms with Crippen molar-refractivity contribution in [3.63, 3.8) is 0 Å². The second-order valence-corrected chi connectivity index (χ2v) is 15.8. The molecule has 320 valence electrons. The molecule has 8 nitrogen and oxygen atoms in total. The Morgan fingerprint density at radius 3 is 1.33 bits per heavy atom. The fourth-order valence-electron chi connectivity index (χ4n) is 7.08. The van der Waals surface area contributed by atoms with Crippen molar-refractivity contribution in [3.05, 3.63) is 0 Å². The number of nitrogens with zero attached hydrogens (tertiary/aromatic N) is 1. The summed E-state index contributed by atoms with van der Waals surface area (Å²) < 4.78 is 16.7. The summed E-state index contributed by atoms with van der Waals surface area (Å²) in [5.74, 6) is -0.0366. The molecule has 0 aliphatic rings. The molecule has 0 fully saturated rings. The van der Waals surface area contributed by atoms with Crippen LogP contribution < -0.4 is 5.32 Å². The summed E-state index contributed by atoms with van der Waals surface area (Å²) in [6.45, 7) is 10.8. The Balaban J connectivity index is 4.27. The fraction of sp³-hybridized carbons (Fsp3) is 0.935. The van der Waals surface area contributed by atoms with Gasteiger partial charge in [-0.05, 0) is 77.3 Å². The highest BCUT2D eigenvalue weighted by Gasteiger charge is 2.14.